The summed E-state index contributed by atoms with van der Waals surface area (Å²) in [5.74, 6) is -0.0118. The molecule has 0 heterocycles. The number of hydrogen-bond acceptors (Lipinski definition) is 4. The van der Waals surface area contributed by atoms with E-state index in [1.165, 1.54) is 6.07 Å². The van der Waals surface area contributed by atoms with E-state index in [4.69, 9.17) is 14.2 Å². The molecule has 0 fully saturated rings. The first-order chi connectivity index (χ1) is 16.6. The van der Waals surface area contributed by atoms with Crippen LogP contribution < -0.4 is 14.2 Å². The number of hydrogen-bond donors (Lipinski definition) is 1. The van der Waals surface area contributed by atoms with Gasteiger partial charge in [0.1, 0.15) is 19.8 Å². The summed E-state index contributed by atoms with van der Waals surface area (Å²) in [7, 11) is 0. The lowest BCUT2D eigenvalue weighted by Gasteiger charge is -2.20. The Morgan fingerprint density at radius 3 is 1.50 bits per heavy atom. The number of halogens is 1. The van der Waals surface area contributed by atoms with Crippen molar-refractivity contribution in [3.8, 4) is 17.2 Å². The van der Waals surface area contributed by atoms with Crippen molar-refractivity contribution < 1.29 is 24.1 Å². The molecule has 0 aliphatic carbocycles. The summed E-state index contributed by atoms with van der Waals surface area (Å²) < 4.78 is 18.9. The maximum Gasteiger partial charge on any atom is 0.337 e. The number of carbonyl (C=O) groups is 1. The van der Waals surface area contributed by atoms with Crippen LogP contribution in [0.25, 0.3) is 0 Å². The van der Waals surface area contributed by atoms with Crippen LogP contribution in [0.15, 0.2) is 97.1 Å². The standard InChI is InChI=1S/C28H23IO5/c29-25-23(28(30)31)16-24(32-17-20-10-4-1-5-11-20)26(33-18-21-12-6-2-7-13-21)27(25)34-19-22-14-8-3-9-15-22/h1-16H,17-19H2,(H,30,31). The van der Waals surface area contributed by atoms with Crippen molar-refractivity contribution in [2.45, 2.75) is 19.8 Å². The average molecular weight is 566 g/mol. The highest BCUT2D eigenvalue weighted by atomic mass is 127. The minimum absolute atomic E-state index is 0.0961. The van der Waals surface area contributed by atoms with E-state index in [1.54, 1.807) is 0 Å². The fraction of sp³-hybridized carbons (Fsp3) is 0.107. The van der Waals surface area contributed by atoms with Gasteiger partial charge >= 0.3 is 5.97 Å². The number of carboxylic acids is 1. The molecular formula is C28H23IO5. The van der Waals surface area contributed by atoms with Gasteiger partial charge in [-0.2, -0.15) is 0 Å². The topological polar surface area (TPSA) is 65.0 Å². The van der Waals surface area contributed by atoms with Crippen molar-refractivity contribution in [2.24, 2.45) is 0 Å². The molecule has 0 saturated heterocycles. The van der Waals surface area contributed by atoms with Crippen molar-refractivity contribution in [3.05, 3.63) is 123 Å². The molecule has 0 amide bonds. The molecule has 0 aliphatic heterocycles. The van der Waals surface area contributed by atoms with Gasteiger partial charge in [0, 0.05) is 0 Å². The lowest BCUT2D eigenvalue weighted by Crippen LogP contribution is -2.09. The molecule has 0 atom stereocenters. The van der Waals surface area contributed by atoms with Crippen LogP contribution in [0.5, 0.6) is 17.2 Å². The largest absolute Gasteiger partial charge is 0.485 e. The second kappa shape index (κ2) is 11.6. The van der Waals surface area contributed by atoms with E-state index >= 15 is 0 Å². The minimum Gasteiger partial charge on any atom is -0.485 e. The molecule has 0 spiro atoms. The number of carboxylic acid groups (broad SMARTS) is 1. The maximum atomic E-state index is 12.0. The summed E-state index contributed by atoms with van der Waals surface area (Å²) in [5.41, 5.74) is 2.99. The number of rotatable bonds is 10. The Kier molecular flexibility index (Phi) is 8.04. The average Bonchev–Trinajstić information content (AvgIpc) is 2.87. The van der Waals surface area contributed by atoms with E-state index < -0.39 is 5.97 Å². The molecule has 172 valence electrons. The highest BCUT2D eigenvalue weighted by Crippen LogP contribution is 2.44. The predicted octanol–water partition coefficient (Wildman–Crippen LogP) is 6.73. The second-order valence-electron chi connectivity index (χ2n) is 7.52. The molecule has 0 aromatic heterocycles. The van der Waals surface area contributed by atoms with Gasteiger partial charge in [0.25, 0.3) is 0 Å². The van der Waals surface area contributed by atoms with Gasteiger partial charge in [0.2, 0.25) is 5.75 Å². The SMILES string of the molecule is O=C(O)c1cc(OCc2ccccc2)c(OCc2ccccc2)c(OCc2ccccc2)c1I. The Labute approximate surface area is 212 Å². The third kappa shape index (κ3) is 6.08. The normalized spacial score (nSPS) is 10.5. The molecule has 0 aliphatic rings. The van der Waals surface area contributed by atoms with E-state index in [0.717, 1.165) is 16.7 Å². The molecule has 0 bridgehead atoms. The number of aromatic carboxylic acids is 1. The zero-order valence-electron chi connectivity index (χ0n) is 18.3. The van der Waals surface area contributed by atoms with Crippen LogP contribution in [-0.2, 0) is 19.8 Å². The van der Waals surface area contributed by atoms with Gasteiger partial charge < -0.3 is 19.3 Å². The smallest absolute Gasteiger partial charge is 0.337 e. The Hall–Kier alpha value is -3.52. The molecule has 4 rings (SSSR count). The Balaban J connectivity index is 1.71. The molecule has 0 unspecified atom stereocenters. The van der Waals surface area contributed by atoms with Gasteiger partial charge in [-0.15, -0.1) is 0 Å². The number of ether oxygens (including phenoxy) is 3. The second-order valence-corrected chi connectivity index (χ2v) is 8.60. The Bertz CT molecular complexity index is 1230. The fourth-order valence-corrected chi connectivity index (χ4v) is 4.10. The minimum atomic E-state index is -1.06. The van der Waals surface area contributed by atoms with Crippen LogP contribution in [-0.4, -0.2) is 11.1 Å². The van der Waals surface area contributed by atoms with Gasteiger partial charge in [0.15, 0.2) is 11.5 Å². The highest BCUT2D eigenvalue weighted by molar-refractivity contribution is 14.1. The fourth-order valence-electron chi connectivity index (χ4n) is 3.32. The summed E-state index contributed by atoms with van der Waals surface area (Å²) in [6, 6.07) is 30.6. The van der Waals surface area contributed by atoms with Crippen molar-refractivity contribution in [3.63, 3.8) is 0 Å². The van der Waals surface area contributed by atoms with Gasteiger partial charge in [-0.25, -0.2) is 4.79 Å². The van der Waals surface area contributed by atoms with Gasteiger partial charge in [-0.1, -0.05) is 91.0 Å². The molecule has 1 N–H and O–H groups in total. The zero-order chi connectivity index (χ0) is 23.8. The summed E-state index contributed by atoms with van der Waals surface area (Å²) in [4.78, 5) is 12.0. The first kappa shape index (κ1) is 23.6. The van der Waals surface area contributed by atoms with Crippen molar-refractivity contribution >= 4 is 28.6 Å². The van der Waals surface area contributed by atoms with Gasteiger partial charge in [-0.3, -0.25) is 0 Å². The maximum absolute atomic E-state index is 12.0. The lowest BCUT2D eigenvalue weighted by molar-refractivity contribution is 0.0694. The van der Waals surface area contributed by atoms with E-state index in [2.05, 4.69) is 0 Å². The van der Waals surface area contributed by atoms with Crippen LogP contribution >= 0.6 is 22.6 Å². The summed E-state index contributed by atoms with van der Waals surface area (Å²) in [6.45, 7) is 0.812. The van der Waals surface area contributed by atoms with Gasteiger partial charge in [0.05, 0.1) is 9.13 Å². The third-order valence-corrected chi connectivity index (χ3v) is 6.13. The predicted molar refractivity (Wildman–Crippen MR) is 138 cm³/mol. The van der Waals surface area contributed by atoms with Crippen LogP contribution in [0.3, 0.4) is 0 Å². The van der Waals surface area contributed by atoms with Crippen LogP contribution in [0.1, 0.15) is 27.0 Å². The molecular weight excluding hydrogens is 543 g/mol. The zero-order valence-corrected chi connectivity index (χ0v) is 20.5. The summed E-state index contributed by atoms with van der Waals surface area (Å²) >= 11 is 1.99. The van der Waals surface area contributed by atoms with E-state index in [-0.39, 0.29) is 25.4 Å². The molecule has 4 aromatic carbocycles. The first-order valence-electron chi connectivity index (χ1n) is 10.7. The van der Waals surface area contributed by atoms with Crippen molar-refractivity contribution in [1.29, 1.82) is 0 Å². The lowest BCUT2D eigenvalue weighted by atomic mass is 10.1. The van der Waals surface area contributed by atoms with E-state index in [9.17, 15) is 9.90 Å². The van der Waals surface area contributed by atoms with Crippen molar-refractivity contribution in [1.82, 2.24) is 0 Å². The van der Waals surface area contributed by atoms with Gasteiger partial charge in [-0.05, 0) is 45.3 Å². The molecule has 0 radical (unpaired) electrons. The molecule has 0 saturated carbocycles. The highest BCUT2D eigenvalue weighted by Gasteiger charge is 2.24. The molecule has 5 nitrogen and oxygen atoms in total. The number of benzene rings is 4. The molecule has 4 aromatic rings. The van der Waals surface area contributed by atoms with Crippen LogP contribution in [0.4, 0.5) is 0 Å². The molecule has 34 heavy (non-hydrogen) atoms. The third-order valence-electron chi connectivity index (χ3n) is 5.06. The Morgan fingerprint density at radius 1 is 0.647 bits per heavy atom. The Morgan fingerprint density at radius 2 is 1.06 bits per heavy atom. The first-order valence-corrected chi connectivity index (χ1v) is 11.8. The van der Waals surface area contributed by atoms with Crippen LogP contribution in [0, 0.1) is 3.57 Å². The van der Waals surface area contributed by atoms with Crippen LogP contribution in [0.2, 0.25) is 0 Å². The van der Waals surface area contributed by atoms with E-state index in [1.807, 2.05) is 114 Å². The molecule has 6 heteroatoms. The summed E-state index contributed by atoms with van der Waals surface area (Å²) in [6.07, 6.45) is 0. The quantitative estimate of drug-likeness (QED) is 0.216. The van der Waals surface area contributed by atoms with Crippen molar-refractivity contribution in [2.75, 3.05) is 0 Å². The van der Waals surface area contributed by atoms with E-state index in [0.29, 0.717) is 20.8 Å². The monoisotopic (exact) mass is 566 g/mol. The summed E-state index contributed by atoms with van der Waals surface area (Å²) in [5, 5.41) is 9.83.